The van der Waals surface area contributed by atoms with E-state index in [0.717, 1.165) is 5.04 Å². The molecule has 2 rings (SSSR count). The molecule has 20 heteroatoms. The number of aliphatic imine (C=N–C) groups is 1. The molecular weight excluding hydrogens is 653 g/mol. The van der Waals surface area contributed by atoms with Gasteiger partial charge < -0.3 is 34.4 Å². The number of aliphatic hydroxyl groups excluding tert-OH is 2. The largest absolute Gasteiger partial charge is 0.448 e. The fraction of sp³-hybridized carbons (Fsp3) is 0.636. The van der Waals surface area contributed by atoms with Crippen molar-refractivity contribution < 1.29 is 48.3 Å². The highest BCUT2D eigenvalue weighted by molar-refractivity contribution is 8.82. The van der Waals surface area contributed by atoms with Crippen molar-refractivity contribution in [3.63, 3.8) is 0 Å². The summed E-state index contributed by atoms with van der Waals surface area (Å²) in [5.74, 6) is 0.627. The summed E-state index contributed by atoms with van der Waals surface area (Å²) >= 11 is 0. The predicted octanol–water partition coefficient (Wildman–Crippen LogP) is 4.00. The lowest BCUT2D eigenvalue weighted by atomic mass is 10.1. The smallest absolute Gasteiger partial charge is 0.412 e. The van der Waals surface area contributed by atoms with Gasteiger partial charge in [-0.3, -0.25) is 14.9 Å². The van der Waals surface area contributed by atoms with Crippen LogP contribution in [-0.2, 0) is 18.6 Å². The monoisotopic (exact) mass is 696 g/mol. The number of nitrogens with one attached hydrogen (secondary N) is 1. The molecule has 42 heavy (non-hydrogen) atoms. The zero-order chi connectivity index (χ0) is 33.3. The molecule has 1 aliphatic heterocycles. The van der Waals surface area contributed by atoms with E-state index in [4.69, 9.17) is 38.4 Å². The van der Waals surface area contributed by atoms with E-state index in [1.54, 1.807) is 7.05 Å². The first-order valence-electron chi connectivity index (χ1n) is 12.4. The SMILES string of the molecule is C/C=C\C(=NC)SSCCOC(=O)Nc1ccn(C2CC(O)C(CCO)O2)c(=O)n1.CC.CC.O=PO.O=PO.OP. The summed E-state index contributed by atoms with van der Waals surface area (Å²) in [7, 11) is 4.46. The van der Waals surface area contributed by atoms with Gasteiger partial charge in [-0.25, -0.2) is 18.7 Å². The molecule has 0 radical (unpaired) electrons. The fourth-order valence-electron chi connectivity index (χ4n) is 2.67. The van der Waals surface area contributed by atoms with Crippen LogP contribution in [0.3, 0.4) is 0 Å². The number of allylic oxidation sites excluding steroid dienone is 1. The van der Waals surface area contributed by atoms with E-state index in [1.807, 2.05) is 46.8 Å². The molecule has 1 aliphatic rings. The molecule has 2 heterocycles. The van der Waals surface area contributed by atoms with Crippen LogP contribution in [-0.4, -0.2) is 83.8 Å². The minimum Gasteiger partial charge on any atom is -0.448 e. The van der Waals surface area contributed by atoms with E-state index < -0.39 is 47.6 Å². The van der Waals surface area contributed by atoms with E-state index in [-0.39, 0.29) is 31.9 Å². The lowest BCUT2D eigenvalue weighted by Crippen LogP contribution is -2.28. The first-order chi connectivity index (χ1) is 20.3. The number of anilines is 1. The van der Waals surface area contributed by atoms with Crippen LogP contribution < -0.4 is 11.0 Å². The highest BCUT2D eigenvalue weighted by Crippen LogP contribution is 2.29. The topological polar surface area (TPSA) is 230 Å². The average Bonchev–Trinajstić information content (AvgIpc) is 3.36. The maximum Gasteiger partial charge on any atom is 0.412 e. The van der Waals surface area contributed by atoms with Crippen LogP contribution in [0, 0.1) is 0 Å². The standard InChI is InChI=1S/C18H26N4O6S2.2C2H6.2HO2P.H3OP/c1-3-4-15(19-2)30-29-10-9-27-18(26)21-14-5-7-22(17(25)20-14)16-11-12(24)13(28-16)6-8-23;2*1-2;2*1-3-2;1-2/h3-5,7,12-13,16,23-24H,6,8-11H2,1-2H3,(H,20,21,25,26);2*1-2H3;2*(H,1,2);1H,2H2/b4-3-,19-15?;;;;;. The summed E-state index contributed by atoms with van der Waals surface area (Å²) in [6.07, 6.45) is 3.04. The zero-order valence-corrected chi connectivity index (χ0v) is 29.0. The average molecular weight is 697 g/mol. The molecule has 0 saturated carbocycles. The quantitative estimate of drug-likeness (QED) is 0.0705. The Kier molecular flexibility index (Phi) is 40.6. The number of carbonyl (C=O) groups is 1. The van der Waals surface area contributed by atoms with Gasteiger partial charge in [-0.05, 0) is 45.7 Å². The van der Waals surface area contributed by atoms with Crippen LogP contribution in [0.2, 0.25) is 0 Å². The molecule has 0 aromatic carbocycles. The third-order valence-electron chi connectivity index (χ3n) is 4.06. The van der Waals surface area contributed by atoms with Crippen molar-refractivity contribution in [3.8, 4) is 0 Å². The number of aromatic nitrogens is 2. The second-order valence-corrected chi connectivity index (χ2v) is 9.10. The van der Waals surface area contributed by atoms with Gasteiger partial charge in [0.15, 0.2) is 0 Å². The van der Waals surface area contributed by atoms with Gasteiger partial charge in [0, 0.05) is 32.0 Å². The predicted molar refractivity (Wildman–Crippen MR) is 172 cm³/mol. The van der Waals surface area contributed by atoms with Crippen LogP contribution in [0.4, 0.5) is 10.6 Å². The van der Waals surface area contributed by atoms with Crippen molar-refractivity contribution in [2.24, 2.45) is 4.99 Å². The van der Waals surface area contributed by atoms with Gasteiger partial charge in [-0.15, -0.1) is 0 Å². The summed E-state index contributed by atoms with van der Waals surface area (Å²) in [5, 5.41) is 22.2. The van der Waals surface area contributed by atoms with Gasteiger partial charge in [-0.1, -0.05) is 44.6 Å². The number of hydrogen-bond donors (Lipinski definition) is 6. The van der Waals surface area contributed by atoms with Crippen LogP contribution in [0.5, 0.6) is 0 Å². The summed E-state index contributed by atoms with van der Waals surface area (Å²) < 4.78 is 28.8. The molecule has 1 saturated heterocycles. The molecule has 6 N–H and O–H groups in total. The molecule has 1 amide bonds. The Morgan fingerprint density at radius 2 is 1.86 bits per heavy atom. The van der Waals surface area contributed by atoms with E-state index in [0.29, 0.717) is 5.75 Å². The molecular formula is C22H43N4O11P3S2. The summed E-state index contributed by atoms with van der Waals surface area (Å²) in [4.78, 5) is 52.9. The fourth-order valence-corrected chi connectivity index (χ4v) is 4.50. The molecule has 4 atom stereocenters. The molecule has 1 fully saturated rings. The Morgan fingerprint density at radius 1 is 1.29 bits per heavy atom. The van der Waals surface area contributed by atoms with E-state index in [1.165, 1.54) is 47.9 Å². The van der Waals surface area contributed by atoms with Crippen molar-refractivity contribution >= 4 is 65.4 Å². The second kappa shape index (κ2) is 35.8. The van der Waals surface area contributed by atoms with Crippen molar-refractivity contribution in [2.45, 2.75) is 65.9 Å². The first-order valence-corrected chi connectivity index (χ1v) is 16.7. The van der Waals surface area contributed by atoms with Crippen LogP contribution >= 0.6 is 48.4 Å². The Morgan fingerprint density at radius 3 is 2.33 bits per heavy atom. The Balaban J connectivity index is -0.000000525. The third kappa shape index (κ3) is 24.1. The third-order valence-corrected chi connectivity index (χ3v) is 6.37. The van der Waals surface area contributed by atoms with Gasteiger partial charge in [0.2, 0.25) is 0 Å². The summed E-state index contributed by atoms with van der Waals surface area (Å²) in [5.41, 5.74) is -0.628. The minimum absolute atomic E-state index is 0.0576. The lowest BCUT2D eigenvalue weighted by molar-refractivity contribution is -0.0305. The zero-order valence-electron chi connectivity index (χ0n) is 24.4. The molecule has 0 aliphatic carbocycles. The van der Waals surface area contributed by atoms with Crippen molar-refractivity contribution in [2.75, 3.05) is 31.3 Å². The van der Waals surface area contributed by atoms with Gasteiger partial charge in [-0.2, -0.15) is 4.98 Å². The van der Waals surface area contributed by atoms with Crippen LogP contribution in [0.1, 0.15) is 53.7 Å². The van der Waals surface area contributed by atoms with Crippen LogP contribution in [0.15, 0.2) is 34.2 Å². The molecule has 0 spiro atoms. The van der Waals surface area contributed by atoms with Crippen molar-refractivity contribution in [3.05, 3.63) is 34.9 Å². The number of rotatable bonds is 9. The molecule has 15 nitrogen and oxygen atoms in total. The van der Waals surface area contributed by atoms with Crippen LogP contribution in [0.25, 0.3) is 0 Å². The van der Waals surface area contributed by atoms with Crippen molar-refractivity contribution in [1.29, 1.82) is 0 Å². The molecule has 0 bridgehead atoms. The number of aliphatic hydroxyl groups is 2. The second-order valence-electron chi connectivity index (χ2n) is 6.34. The lowest BCUT2D eigenvalue weighted by Gasteiger charge is -2.15. The normalized spacial score (nSPS) is 17.0. The maximum atomic E-state index is 12.3. The Hall–Kier alpha value is -1.35. The Labute approximate surface area is 259 Å². The maximum absolute atomic E-state index is 12.3. The number of nitrogens with zero attached hydrogens (tertiary/aromatic N) is 3. The number of carbonyl (C=O) groups excluding carboxylic acids is 1. The van der Waals surface area contributed by atoms with Gasteiger partial charge in [0.25, 0.3) is 0 Å². The number of amides is 1. The Bertz CT molecular complexity index is 926. The molecule has 244 valence electrons. The summed E-state index contributed by atoms with van der Waals surface area (Å²) in [6, 6.07) is 1.45. The highest BCUT2D eigenvalue weighted by Gasteiger charge is 2.35. The van der Waals surface area contributed by atoms with E-state index in [9.17, 15) is 14.7 Å². The molecule has 1 aromatic rings. The van der Waals surface area contributed by atoms with E-state index in [2.05, 4.69) is 15.3 Å². The van der Waals surface area contributed by atoms with Gasteiger partial charge in [0.05, 0.1) is 12.2 Å². The van der Waals surface area contributed by atoms with Gasteiger partial charge >= 0.3 is 29.2 Å². The number of ether oxygens (including phenoxy) is 2. The minimum atomic E-state index is -0.833. The van der Waals surface area contributed by atoms with Crippen molar-refractivity contribution in [1.82, 2.24) is 9.55 Å². The first kappa shape index (κ1) is 47.6. The van der Waals surface area contributed by atoms with E-state index >= 15 is 0 Å². The molecule has 1 aromatic heterocycles. The highest BCUT2D eigenvalue weighted by atomic mass is 33.1. The van der Waals surface area contributed by atoms with Gasteiger partial charge in [0.1, 0.15) is 23.7 Å². The molecule has 4 unspecified atom stereocenters. The summed E-state index contributed by atoms with van der Waals surface area (Å²) in [6.45, 7) is 9.98. The number of hydrogen-bond acceptors (Lipinski definition) is 13.